The van der Waals surface area contributed by atoms with E-state index in [0.717, 1.165) is 6.54 Å². The molecule has 1 rings (SSSR count). The minimum absolute atomic E-state index is 0.263. The fourth-order valence-electron chi connectivity index (χ4n) is 2.65. The minimum atomic E-state index is 0.263. The average molecular weight is 275 g/mol. The average Bonchev–Trinajstić information content (AvgIpc) is 2.39. The van der Waals surface area contributed by atoms with Gasteiger partial charge in [-0.3, -0.25) is 0 Å². The van der Waals surface area contributed by atoms with Gasteiger partial charge < -0.3 is 5.32 Å². The quantitative estimate of drug-likeness (QED) is 0.725. The van der Waals surface area contributed by atoms with Gasteiger partial charge >= 0.3 is 0 Å². The maximum Gasteiger partial charge on any atom is 0.00754 e. The molecule has 1 aromatic carbocycles. The van der Waals surface area contributed by atoms with Crippen LogP contribution in [0.25, 0.3) is 0 Å². The van der Waals surface area contributed by atoms with Gasteiger partial charge in [0.2, 0.25) is 0 Å². The van der Waals surface area contributed by atoms with E-state index < -0.39 is 0 Å². The predicted octanol–water partition coefficient (Wildman–Crippen LogP) is 5.16. The zero-order chi connectivity index (χ0) is 15.2. The zero-order valence-electron chi connectivity index (χ0n) is 14.3. The molecule has 0 saturated carbocycles. The van der Waals surface area contributed by atoms with Crippen LogP contribution in [-0.4, -0.2) is 12.6 Å². The first kappa shape index (κ1) is 17.2. The van der Waals surface area contributed by atoms with Gasteiger partial charge in [0.05, 0.1) is 0 Å². The van der Waals surface area contributed by atoms with Crippen molar-refractivity contribution >= 4 is 0 Å². The molecule has 0 amide bonds. The number of nitrogens with one attached hydrogen (secondary N) is 1. The molecule has 1 N–H and O–H groups in total. The van der Waals surface area contributed by atoms with Crippen molar-refractivity contribution in [1.82, 2.24) is 5.32 Å². The van der Waals surface area contributed by atoms with Gasteiger partial charge in [-0.25, -0.2) is 0 Å². The number of rotatable bonds is 7. The number of hydrogen-bond donors (Lipinski definition) is 1. The summed E-state index contributed by atoms with van der Waals surface area (Å²) in [6.45, 7) is 14.9. The fraction of sp³-hybridized carbons (Fsp3) is 0.684. The molecular formula is C19H33N. The van der Waals surface area contributed by atoms with E-state index in [1.54, 1.807) is 0 Å². The van der Waals surface area contributed by atoms with Crippen molar-refractivity contribution in [1.29, 1.82) is 0 Å². The Hall–Kier alpha value is -0.820. The molecular weight excluding hydrogens is 242 g/mol. The summed E-state index contributed by atoms with van der Waals surface area (Å²) in [6, 6.07) is 11.6. The van der Waals surface area contributed by atoms with Crippen molar-refractivity contribution in [2.24, 2.45) is 5.41 Å². The van der Waals surface area contributed by atoms with Crippen LogP contribution in [0.5, 0.6) is 0 Å². The first-order chi connectivity index (χ1) is 9.29. The van der Waals surface area contributed by atoms with Gasteiger partial charge in [0.15, 0.2) is 0 Å². The van der Waals surface area contributed by atoms with E-state index in [9.17, 15) is 0 Å². The summed E-state index contributed by atoms with van der Waals surface area (Å²) in [4.78, 5) is 0. The third kappa shape index (κ3) is 5.28. The Kier molecular flexibility index (Phi) is 6.26. The molecule has 0 saturated heterocycles. The highest BCUT2D eigenvalue weighted by Crippen LogP contribution is 2.36. The molecule has 0 spiro atoms. The van der Waals surface area contributed by atoms with Crippen LogP contribution < -0.4 is 5.32 Å². The summed E-state index contributed by atoms with van der Waals surface area (Å²) in [6.07, 6.45) is 3.69. The van der Waals surface area contributed by atoms with Crippen LogP contribution in [0.3, 0.4) is 0 Å². The molecule has 0 bridgehead atoms. The van der Waals surface area contributed by atoms with Crippen LogP contribution in [0.15, 0.2) is 30.3 Å². The first-order valence-electron chi connectivity index (χ1n) is 8.08. The highest BCUT2D eigenvalue weighted by Gasteiger charge is 2.31. The van der Waals surface area contributed by atoms with Gasteiger partial charge in [-0.1, -0.05) is 71.9 Å². The molecule has 0 radical (unpaired) electrons. The molecule has 0 aliphatic carbocycles. The predicted molar refractivity (Wildman–Crippen MR) is 90.2 cm³/mol. The van der Waals surface area contributed by atoms with Crippen LogP contribution in [0.1, 0.15) is 66.4 Å². The summed E-state index contributed by atoms with van der Waals surface area (Å²) in [5.41, 5.74) is 2.14. The largest absolute Gasteiger partial charge is 0.314 e. The van der Waals surface area contributed by atoms with E-state index in [-0.39, 0.29) is 5.41 Å². The highest BCUT2D eigenvalue weighted by molar-refractivity contribution is 5.26. The molecule has 1 nitrogen and oxygen atoms in total. The van der Waals surface area contributed by atoms with Crippen molar-refractivity contribution in [2.45, 2.75) is 72.3 Å². The summed E-state index contributed by atoms with van der Waals surface area (Å²) in [5, 5.41) is 3.67. The van der Waals surface area contributed by atoms with E-state index in [1.165, 1.54) is 24.8 Å². The lowest BCUT2D eigenvalue weighted by atomic mass is 9.71. The maximum atomic E-state index is 3.67. The molecule has 1 unspecified atom stereocenters. The number of hydrogen-bond acceptors (Lipinski definition) is 1. The second kappa shape index (κ2) is 7.26. The molecule has 0 fully saturated rings. The Bertz CT molecular complexity index is 375. The Balaban J connectivity index is 2.96. The normalized spacial score (nSPS) is 15.3. The lowest BCUT2D eigenvalue weighted by Crippen LogP contribution is -2.41. The topological polar surface area (TPSA) is 12.0 Å². The van der Waals surface area contributed by atoms with E-state index in [1.807, 2.05) is 0 Å². The fourth-order valence-corrected chi connectivity index (χ4v) is 2.65. The lowest BCUT2D eigenvalue weighted by Gasteiger charge is -2.37. The SMILES string of the molecule is CCC(CCC(C)(C)C)(CNC(C)C)c1ccccc1. The third-order valence-electron chi connectivity index (χ3n) is 4.27. The zero-order valence-corrected chi connectivity index (χ0v) is 14.3. The monoisotopic (exact) mass is 275 g/mol. The smallest absolute Gasteiger partial charge is 0.00754 e. The van der Waals surface area contributed by atoms with Gasteiger partial charge in [0, 0.05) is 18.0 Å². The van der Waals surface area contributed by atoms with Crippen LogP contribution >= 0.6 is 0 Å². The minimum Gasteiger partial charge on any atom is -0.314 e. The van der Waals surface area contributed by atoms with E-state index in [4.69, 9.17) is 0 Å². The second-order valence-corrected chi connectivity index (χ2v) is 7.60. The van der Waals surface area contributed by atoms with Gasteiger partial charge in [-0.15, -0.1) is 0 Å². The summed E-state index contributed by atoms with van der Waals surface area (Å²) >= 11 is 0. The van der Waals surface area contributed by atoms with Gasteiger partial charge in [-0.2, -0.15) is 0 Å². The highest BCUT2D eigenvalue weighted by atomic mass is 14.9. The first-order valence-corrected chi connectivity index (χ1v) is 8.08. The molecule has 0 aliphatic heterocycles. The van der Waals surface area contributed by atoms with Gasteiger partial charge in [0.1, 0.15) is 0 Å². The summed E-state index contributed by atoms with van der Waals surface area (Å²) in [5.74, 6) is 0. The summed E-state index contributed by atoms with van der Waals surface area (Å²) in [7, 11) is 0. The molecule has 0 aliphatic rings. The second-order valence-electron chi connectivity index (χ2n) is 7.60. The van der Waals surface area contributed by atoms with Crippen molar-refractivity contribution in [3.63, 3.8) is 0 Å². The molecule has 0 aromatic heterocycles. The molecule has 0 heterocycles. The molecule has 20 heavy (non-hydrogen) atoms. The number of benzene rings is 1. The van der Waals surface area contributed by atoms with Crippen LogP contribution in [-0.2, 0) is 5.41 Å². The van der Waals surface area contributed by atoms with E-state index >= 15 is 0 Å². The standard InChI is InChI=1S/C19H33N/c1-7-19(15-20-16(2)3,14-13-18(4,5)6)17-11-9-8-10-12-17/h8-12,16,20H,7,13-15H2,1-6H3. The van der Waals surface area contributed by atoms with Crippen molar-refractivity contribution in [3.8, 4) is 0 Å². The summed E-state index contributed by atoms with van der Waals surface area (Å²) < 4.78 is 0. The van der Waals surface area contributed by atoms with E-state index in [2.05, 4.69) is 77.2 Å². The van der Waals surface area contributed by atoms with Crippen LogP contribution in [0.4, 0.5) is 0 Å². The van der Waals surface area contributed by atoms with Crippen molar-refractivity contribution in [3.05, 3.63) is 35.9 Å². The molecule has 114 valence electrons. The Labute approximate surface area is 126 Å². The van der Waals surface area contributed by atoms with Crippen LogP contribution in [0, 0.1) is 5.41 Å². The Morgan fingerprint density at radius 1 is 1.00 bits per heavy atom. The lowest BCUT2D eigenvalue weighted by molar-refractivity contribution is 0.269. The Morgan fingerprint density at radius 2 is 1.60 bits per heavy atom. The van der Waals surface area contributed by atoms with Crippen molar-refractivity contribution < 1.29 is 0 Å². The third-order valence-corrected chi connectivity index (χ3v) is 4.27. The maximum absolute atomic E-state index is 3.67. The van der Waals surface area contributed by atoms with E-state index in [0.29, 0.717) is 11.5 Å². The Morgan fingerprint density at radius 3 is 2.05 bits per heavy atom. The van der Waals surface area contributed by atoms with Crippen LogP contribution in [0.2, 0.25) is 0 Å². The van der Waals surface area contributed by atoms with Crippen molar-refractivity contribution in [2.75, 3.05) is 6.54 Å². The molecule has 1 aromatic rings. The van der Waals surface area contributed by atoms with Gasteiger partial charge in [0.25, 0.3) is 0 Å². The van der Waals surface area contributed by atoms with Gasteiger partial charge in [-0.05, 0) is 30.2 Å². The molecule has 1 atom stereocenters. The molecule has 1 heteroatoms.